The van der Waals surface area contributed by atoms with Crippen LogP contribution in [0.4, 0.5) is 0 Å². The molecular formula is C34H32S2+2. The number of hydrogen-bond donors (Lipinski definition) is 0. The van der Waals surface area contributed by atoms with Crippen LogP contribution in [0.5, 0.6) is 0 Å². The van der Waals surface area contributed by atoms with Crippen molar-refractivity contribution >= 4 is 21.8 Å². The van der Waals surface area contributed by atoms with Crippen molar-refractivity contribution in [1.29, 1.82) is 0 Å². The number of hydrogen-bond acceptors (Lipinski definition) is 0. The van der Waals surface area contributed by atoms with Crippen molar-refractivity contribution in [3.63, 3.8) is 0 Å². The Balaban J connectivity index is 1.57. The van der Waals surface area contributed by atoms with Crippen molar-refractivity contribution in [2.24, 2.45) is 0 Å². The topological polar surface area (TPSA) is 0 Å². The normalized spacial score (nSPS) is 11.3. The van der Waals surface area contributed by atoms with Crippen molar-refractivity contribution in [3.05, 3.63) is 144 Å². The Morgan fingerprint density at radius 2 is 0.389 bits per heavy atom. The highest BCUT2D eigenvalue weighted by atomic mass is 32.2. The van der Waals surface area contributed by atoms with Crippen LogP contribution in [-0.4, -0.2) is 0 Å². The number of aryl methyl sites for hydroxylation is 4. The summed E-state index contributed by atoms with van der Waals surface area (Å²) in [7, 11) is -0.289. The van der Waals surface area contributed by atoms with Crippen molar-refractivity contribution in [3.8, 4) is 0 Å². The zero-order chi connectivity index (χ0) is 25.1. The van der Waals surface area contributed by atoms with E-state index in [0.29, 0.717) is 0 Å². The van der Waals surface area contributed by atoms with Gasteiger partial charge in [-0.3, -0.25) is 0 Å². The van der Waals surface area contributed by atoms with Gasteiger partial charge in [0.1, 0.15) is 0 Å². The molecule has 0 nitrogen and oxygen atoms in total. The molecule has 0 amide bonds. The van der Waals surface area contributed by atoms with Crippen LogP contribution in [0.25, 0.3) is 0 Å². The molecule has 5 rings (SSSR count). The zero-order valence-corrected chi connectivity index (χ0v) is 23.0. The van der Waals surface area contributed by atoms with Crippen LogP contribution in [0, 0.1) is 27.7 Å². The van der Waals surface area contributed by atoms with E-state index in [9.17, 15) is 0 Å². The summed E-state index contributed by atoms with van der Waals surface area (Å²) in [5.41, 5.74) is 5.17. The fourth-order valence-corrected chi connectivity index (χ4v) is 8.31. The van der Waals surface area contributed by atoms with Crippen LogP contribution in [-0.2, 0) is 21.8 Å². The van der Waals surface area contributed by atoms with Crippen LogP contribution >= 0.6 is 0 Å². The lowest BCUT2D eigenvalue weighted by Gasteiger charge is -2.11. The smallest absolute Gasteiger partial charge is 0.0543 e. The van der Waals surface area contributed by atoms with Gasteiger partial charge in [0.25, 0.3) is 0 Å². The van der Waals surface area contributed by atoms with Gasteiger partial charge in [-0.05, 0) is 100 Å². The molecule has 0 saturated carbocycles. The highest BCUT2D eigenvalue weighted by molar-refractivity contribution is 7.97. The van der Waals surface area contributed by atoms with Gasteiger partial charge in [-0.1, -0.05) is 70.8 Å². The Kier molecular flexibility index (Phi) is 7.36. The Labute approximate surface area is 221 Å². The SMILES string of the molecule is Cc1ccc([S+](c2ccc(C)cc2)c2ccc([S+](c3ccc(C)cc3)c3ccc(C)cc3)cc2)cc1. The summed E-state index contributed by atoms with van der Waals surface area (Å²) in [5.74, 6) is 0. The maximum Gasteiger partial charge on any atom is 0.166 e. The van der Waals surface area contributed by atoms with Crippen LogP contribution in [0.15, 0.2) is 151 Å². The Bertz CT molecular complexity index is 1210. The summed E-state index contributed by atoms with van der Waals surface area (Å²) in [6, 6.07) is 45.5. The molecule has 0 spiro atoms. The molecule has 5 aromatic carbocycles. The first-order valence-corrected chi connectivity index (χ1v) is 14.8. The highest BCUT2D eigenvalue weighted by Gasteiger charge is 2.32. The van der Waals surface area contributed by atoms with E-state index >= 15 is 0 Å². The summed E-state index contributed by atoms with van der Waals surface area (Å²) >= 11 is 0. The van der Waals surface area contributed by atoms with Gasteiger partial charge in [-0.15, -0.1) is 0 Å². The number of benzene rings is 5. The molecular weight excluding hydrogens is 473 g/mol. The third kappa shape index (κ3) is 5.46. The maximum absolute atomic E-state index is 2.35. The molecule has 0 bridgehead atoms. The van der Waals surface area contributed by atoms with Gasteiger partial charge in [0.15, 0.2) is 29.4 Å². The number of rotatable bonds is 6. The highest BCUT2D eigenvalue weighted by Crippen LogP contribution is 2.35. The minimum Gasteiger partial charge on any atom is -0.0543 e. The second-order valence-electron chi connectivity index (χ2n) is 9.34. The Morgan fingerprint density at radius 3 is 0.556 bits per heavy atom. The van der Waals surface area contributed by atoms with Gasteiger partial charge in [0, 0.05) is 0 Å². The monoisotopic (exact) mass is 504 g/mol. The molecule has 0 unspecified atom stereocenters. The molecule has 0 heterocycles. The van der Waals surface area contributed by atoms with Crippen molar-refractivity contribution < 1.29 is 0 Å². The second kappa shape index (κ2) is 10.8. The summed E-state index contributed by atoms with van der Waals surface area (Å²) in [4.78, 5) is 8.12. The average Bonchev–Trinajstić information content (AvgIpc) is 2.90. The summed E-state index contributed by atoms with van der Waals surface area (Å²) in [6.45, 7) is 8.61. The fourth-order valence-electron chi connectivity index (χ4n) is 4.23. The lowest BCUT2D eigenvalue weighted by molar-refractivity contribution is 1.25. The predicted octanol–water partition coefficient (Wildman–Crippen LogP) is 9.11. The van der Waals surface area contributed by atoms with Crippen molar-refractivity contribution in [2.45, 2.75) is 57.1 Å². The van der Waals surface area contributed by atoms with Crippen LogP contribution < -0.4 is 0 Å². The first-order chi connectivity index (χ1) is 17.5. The largest absolute Gasteiger partial charge is 0.166 e. The molecule has 0 fully saturated rings. The van der Waals surface area contributed by atoms with Gasteiger partial charge in [0.2, 0.25) is 0 Å². The molecule has 36 heavy (non-hydrogen) atoms. The van der Waals surface area contributed by atoms with E-state index in [0.717, 1.165) is 0 Å². The standard InChI is InChI=1S/C34H32S2/c1-25-5-13-29(14-6-25)35(30-15-7-26(2)8-16-30)33-21-23-34(24-22-33)36(31-17-9-27(3)10-18-31)32-19-11-28(4)12-20-32/h5-24H,1-4H3/q+2. The minimum atomic E-state index is -0.145. The molecule has 0 N–H and O–H groups in total. The lowest BCUT2D eigenvalue weighted by Crippen LogP contribution is -2.07. The van der Waals surface area contributed by atoms with E-state index in [4.69, 9.17) is 0 Å². The van der Waals surface area contributed by atoms with Gasteiger partial charge in [-0.25, -0.2) is 0 Å². The molecule has 2 heteroatoms. The maximum atomic E-state index is 2.35. The predicted molar refractivity (Wildman–Crippen MR) is 155 cm³/mol. The van der Waals surface area contributed by atoms with E-state index in [1.807, 2.05) is 0 Å². The zero-order valence-electron chi connectivity index (χ0n) is 21.4. The van der Waals surface area contributed by atoms with E-state index in [2.05, 4.69) is 149 Å². The van der Waals surface area contributed by atoms with Crippen molar-refractivity contribution in [2.75, 3.05) is 0 Å². The van der Waals surface area contributed by atoms with Gasteiger partial charge in [-0.2, -0.15) is 0 Å². The average molecular weight is 505 g/mol. The van der Waals surface area contributed by atoms with E-state index < -0.39 is 0 Å². The third-order valence-electron chi connectivity index (χ3n) is 6.32. The van der Waals surface area contributed by atoms with E-state index in [-0.39, 0.29) is 21.8 Å². The molecule has 0 aliphatic carbocycles. The fraction of sp³-hybridized carbons (Fsp3) is 0.118. The second-order valence-corrected chi connectivity index (χ2v) is 13.4. The molecule has 178 valence electrons. The molecule has 0 aliphatic rings. The Hall–Kier alpha value is -3.20. The molecule has 0 radical (unpaired) electrons. The molecule has 0 atom stereocenters. The van der Waals surface area contributed by atoms with Crippen LogP contribution in [0.2, 0.25) is 0 Å². The van der Waals surface area contributed by atoms with Gasteiger partial charge in [0.05, 0.1) is 21.8 Å². The van der Waals surface area contributed by atoms with Crippen molar-refractivity contribution in [1.82, 2.24) is 0 Å². The summed E-state index contributed by atoms with van der Waals surface area (Å²) in [5, 5.41) is 0. The van der Waals surface area contributed by atoms with E-state index in [1.54, 1.807) is 0 Å². The molecule has 0 saturated heterocycles. The summed E-state index contributed by atoms with van der Waals surface area (Å²) in [6.07, 6.45) is 0. The van der Waals surface area contributed by atoms with Crippen LogP contribution in [0.3, 0.4) is 0 Å². The van der Waals surface area contributed by atoms with Crippen LogP contribution in [0.1, 0.15) is 22.3 Å². The molecule has 0 aliphatic heterocycles. The van der Waals surface area contributed by atoms with Gasteiger partial charge < -0.3 is 0 Å². The quantitative estimate of drug-likeness (QED) is 0.202. The lowest BCUT2D eigenvalue weighted by atomic mass is 10.2. The third-order valence-corrected chi connectivity index (χ3v) is 10.8. The van der Waals surface area contributed by atoms with Gasteiger partial charge >= 0.3 is 0 Å². The first kappa shape index (κ1) is 24.5. The summed E-state index contributed by atoms with van der Waals surface area (Å²) < 4.78 is 0. The van der Waals surface area contributed by atoms with E-state index in [1.165, 1.54) is 51.6 Å². The molecule has 0 aromatic heterocycles. The molecule has 5 aromatic rings. The Morgan fingerprint density at radius 1 is 0.250 bits per heavy atom. The minimum absolute atomic E-state index is 0.145. The first-order valence-electron chi connectivity index (χ1n) is 12.3.